The molecule has 0 fully saturated rings. The zero-order valence-corrected chi connectivity index (χ0v) is 11.7. The van der Waals surface area contributed by atoms with Gasteiger partial charge in [0.05, 0.1) is 10.0 Å². The van der Waals surface area contributed by atoms with Crippen molar-refractivity contribution >= 4 is 44.7 Å². The molecule has 0 atom stereocenters. The van der Waals surface area contributed by atoms with Crippen LogP contribution in [0.5, 0.6) is 0 Å². The van der Waals surface area contributed by atoms with Gasteiger partial charge in [0.25, 0.3) is 0 Å². The van der Waals surface area contributed by atoms with Gasteiger partial charge in [0.2, 0.25) is 0 Å². The third kappa shape index (κ3) is 1.86. The van der Waals surface area contributed by atoms with Crippen LogP contribution in [0.1, 0.15) is 11.1 Å². The highest BCUT2D eigenvalue weighted by Crippen LogP contribution is 2.31. The molecule has 0 aliphatic carbocycles. The Morgan fingerprint density at radius 3 is 1.28 bits per heavy atom. The third-order valence-electron chi connectivity index (χ3n) is 3.45. The monoisotopic (exact) mass is 274 g/mol. The molecule has 0 N–H and O–H groups in total. The van der Waals surface area contributed by atoms with Crippen LogP contribution in [0, 0.1) is 13.8 Å². The normalized spacial score (nSPS) is 11.3. The molecule has 0 aliphatic rings. The summed E-state index contributed by atoms with van der Waals surface area (Å²) in [7, 11) is 0. The summed E-state index contributed by atoms with van der Waals surface area (Å²) in [5.74, 6) is 0. The van der Waals surface area contributed by atoms with Crippen LogP contribution in [0.3, 0.4) is 0 Å². The molecule has 2 heteroatoms. The molecule has 0 bridgehead atoms. The Bertz CT molecular complexity index is 644. The zero-order valence-electron chi connectivity index (χ0n) is 10.2. The molecule has 0 aromatic heterocycles. The highest BCUT2D eigenvalue weighted by molar-refractivity contribution is 6.42. The number of halogens is 2. The van der Waals surface area contributed by atoms with Crippen LogP contribution in [-0.2, 0) is 0 Å². The lowest BCUT2D eigenvalue weighted by molar-refractivity contribution is 1.37. The molecule has 0 nitrogen and oxygen atoms in total. The summed E-state index contributed by atoms with van der Waals surface area (Å²) in [4.78, 5) is 0. The second-order valence-corrected chi connectivity index (χ2v) is 5.56. The first-order chi connectivity index (χ1) is 8.54. The summed E-state index contributed by atoms with van der Waals surface area (Å²) < 4.78 is 0. The van der Waals surface area contributed by atoms with Crippen molar-refractivity contribution in [1.29, 1.82) is 0 Å². The first kappa shape index (κ1) is 11.8. The maximum absolute atomic E-state index is 6.06. The molecular formula is C16H12Cl2. The SMILES string of the molecule is Cc1cc2cc3cc(Cl)c(Cl)cc3cc2cc1C. The lowest BCUT2D eigenvalue weighted by Crippen LogP contribution is -1.83. The van der Waals surface area contributed by atoms with E-state index in [9.17, 15) is 0 Å². The lowest BCUT2D eigenvalue weighted by Gasteiger charge is -2.07. The van der Waals surface area contributed by atoms with Gasteiger partial charge in [-0.25, -0.2) is 0 Å². The number of benzene rings is 3. The summed E-state index contributed by atoms with van der Waals surface area (Å²) in [5.41, 5.74) is 2.61. The quantitative estimate of drug-likeness (QED) is 0.447. The Balaban J connectivity index is 2.43. The smallest absolute Gasteiger partial charge is 0.0598 e. The van der Waals surface area contributed by atoms with Crippen LogP contribution in [0.2, 0.25) is 10.0 Å². The Labute approximate surface area is 116 Å². The van der Waals surface area contributed by atoms with E-state index < -0.39 is 0 Å². The molecule has 3 aromatic rings. The van der Waals surface area contributed by atoms with Crippen molar-refractivity contribution in [2.45, 2.75) is 13.8 Å². The van der Waals surface area contributed by atoms with Crippen molar-refractivity contribution < 1.29 is 0 Å². The lowest BCUT2D eigenvalue weighted by atomic mass is 9.99. The van der Waals surface area contributed by atoms with E-state index in [1.165, 1.54) is 21.9 Å². The Morgan fingerprint density at radius 2 is 0.889 bits per heavy atom. The maximum atomic E-state index is 6.06. The zero-order chi connectivity index (χ0) is 12.9. The van der Waals surface area contributed by atoms with E-state index in [4.69, 9.17) is 23.2 Å². The topological polar surface area (TPSA) is 0 Å². The molecule has 3 aromatic carbocycles. The molecule has 3 rings (SSSR count). The number of aryl methyl sites for hydroxylation is 2. The summed E-state index contributed by atoms with van der Waals surface area (Å²) in [6.45, 7) is 4.27. The van der Waals surface area contributed by atoms with E-state index in [0.717, 1.165) is 10.8 Å². The first-order valence-electron chi connectivity index (χ1n) is 5.84. The minimum absolute atomic E-state index is 0.604. The van der Waals surface area contributed by atoms with Crippen LogP contribution in [0.4, 0.5) is 0 Å². The van der Waals surface area contributed by atoms with Crippen molar-refractivity contribution in [2.75, 3.05) is 0 Å². The number of rotatable bonds is 0. The van der Waals surface area contributed by atoms with Crippen LogP contribution in [-0.4, -0.2) is 0 Å². The van der Waals surface area contributed by atoms with Gasteiger partial charge in [0.1, 0.15) is 0 Å². The Hall–Kier alpha value is -1.24. The number of hydrogen-bond acceptors (Lipinski definition) is 0. The van der Waals surface area contributed by atoms with Crippen molar-refractivity contribution in [3.05, 3.63) is 57.6 Å². The third-order valence-corrected chi connectivity index (χ3v) is 4.17. The van der Waals surface area contributed by atoms with E-state index in [2.05, 4.69) is 38.1 Å². The number of hydrogen-bond donors (Lipinski definition) is 0. The van der Waals surface area contributed by atoms with Gasteiger partial charge < -0.3 is 0 Å². The highest BCUT2D eigenvalue weighted by atomic mass is 35.5. The molecule has 90 valence electrons. The average molecular weight is 275 g/mol. The fraction of sp³-hybridized carbons (Fsp3) is 0.125. The minimum atomic E-state index is 0.604. The summed E-state index contributed by atoms with van der Waals surface area (Å²) >= 11 is 12.1. The fourth-order valence-corrected chi connectivity index (χ4v) is 2.62. The first-order valence-corrected chi connectivity index (χ1v) is 6.60. The molecule has 0 saturated carbocycles. The van der Waals surface area contributed by atoms with Gasteiger partial charge in [-0.1, -0.05) is 35.3 Å². The van der Waals surface area contributed by atoms with Gasteiger partial charge in [0.15, 0.2) is 0 Å². The fourth-order valence-electron chi connectivity index (χ4n) is 2.27. The van der Waals surface area contributed by atoms with E-state index in [0.29, 0.717) is 10.0 Å². The minimum Gasteiger partial charge on any atom is -0.0827 e. The molecule has 0 aliphatic heterocycles. The Morgan fingerprint density at radius 1 is 0.556 bits per heavy atom. The van der Waals surface area contributed by atoms with Crippen LogP contribution in [0.15, 0.2) is 36.4 Å². The number of fused-ring (bicyclic) bond motifs is 2. The largest absolute Gasteiger partial charge is 0.0827 e. The molecule has 18 heavy (non-hydrogen) atoms. The second-order valence-electron chi connectivity index (χ2n) is 4.75. The van der Waals surface area contributed by atoms with Gasteiger partial charge in [-0.3, -0.25) is 0 Å². The highest BCUT2D eigenvalue weighted by Gasteiger charge is 2.04. The molecule has 0 unspecified atom stereocenters. The molecule has 0 heterocycles. The molecule has 0 saturated heterocycles. The van der Waals surface area contributed by atoms with Crippen molar-refractivity contribution in [2.24, 2.45) is 0 Å². The Kier molecular flexibility index (Phi) is 2.73. The van der Waals surface area contributed by atoms with Crippen molar-refractivity contribution in [3.8, 4) is 0 Å². The summed E-state index contributed by atoms with van der Waals surface area (Å²) in [6, 6.07) is 12.6. The van der Waals surface area contributed by atoms with Gasteiger partial charge >= 0.3 is 0 Å². The molecule has 0 amide bonds. The predicted octanol–water partition coefficient (Wildman–Crippen LogP) is 5.92. The van der Waals surface area contributed by atoms with Crippen molar-refractivity contribution in [1.82, 2.24) is 0 Å². The van der Waals surface area contributed by atoms with Crippen LogP contribution >= 0.6 is 23.2 Å². The molecule has 0 spiro atoms. The van der Waals surface area contributed by atoms with E-state index in [1.807, 2.05) is 12.1 Å². The van der Waals surface area contributed by atoms with E-state index >= 15 is 0 Å². The summed E-state index contributed by atoms with van der Waals surface area (Å²) in [6.07, 6.45) is 0. The second kappa shape index (κ2) is 4.15. The van der Waals surface area contributed by atoms with E-state index in [-0.39, 0.29) is 0 Å². The van der Waals surface area contributed by atoms with Crippen LogP contribution in [0.25, 0.3) is 21.5 Å². The van der Waals surface area contributed by atoms with Gasteiger partial charge in [0, 0.05) is 0 Å². The van der Waals surface area contributed by atoms with E-state index in [1.54, 1.807) is 0 Å². The standard InChI is InChI=1S/C16H12Cl2/c1-9-3-11-5-13-7-15(17)16(18)8-14(13)6-12(11)4-10(9)2/h3-8H,1-2H3. The average Bonchev–Trinajstić information content (AvgIpc) is 2.31. The van der Waals surface area contributed by atoms with Gasteiger partial charge in [-0.15, -0.1) is 0 Å². The van der Waals surface area contributed by atoms with Crippen LogP contribution < -0.4 is 0 Å². The maximum Gasteiger partial charge on any atom is 0.0598 e. The molecular weight excluding hydrogens is 263 g/mol. The predicted molar refractivity (Wildman–Crippen MR) is 80.9 cm³/mol. The summed E-state index contributed by atoms with van der Waals surface area (Å²) in [5, 5.41) is 5.94. The molecule has 0 radical (unpaired) electrons. The van der Waals surface area contributed by atoms with Crippen molar-refractivity contribution in [3.63, 3.8) is 0 Å². The van der Waals surface area contributed by atoms with Gasteiger partial charge in [-0.2, -0.15) is 0 Å². The van der Waals surface area contributed by atoms with Gasteiger partial charge in [-0.05, 0) is 70.8 Å².